The molecular formula is C24H32BrNO4. The molecule has 3 rings (SSSR count). The van der Waals surface area contributed by atoms with Gasteiger partial charge in [-0.1, -0.05) is 67.1 Å². The number of hydrogen-bond donors (Lipinski definition) is 1. The number of benzene rings is 2. The van der Waals surface area contributed by atoms with Crippen LogP contribution in [-0.4, -0.2) is 54.9 Å². The van der Waals surface area contributed by atoms with Crippen molar-refractivity contribution in [2.24, 2.45) is 0 Å². The molecule has 164 valence electrons. The van der Waals surface area contributed by atoms with Crippen LogP contribution in [-0.2, 0) is 19.9 Å². The lowest BCUT2D eigenvalue weighted by Crippen LogP contribution is -2.43. The van der Waals surface area contributed by atoms with E-state index in [2.05, 4.69) is 11.8 Å². The molecule has 0 amide bonds. The van der Waals surface area contributed by atoms with Gasteiger partial charge in [0.15, 0.2) is 0 Å². The number of hydrogen-bond acceptors (Lipinski definition) is 5. The Bertz CT molecular complexity index is 784. The van der Waals surface area contributed by atoms with Gasteiger partial charge in [-0.3, -0.25) is 4.90 Å². The maximum atomic E-state index is 13.7. The van der Waals surface area contributed by atoms with Crippen molar-refractivity contribution in [3.63, 3.8) is 0 Å². The standard InChI is InChI=1S/C24H31NO4.BrH/c1-3-25-15-14-22(18-25)29-23(27)24(28-17-7-16-26,20-8-5-4-6-9-20)21-12-10-19(2)11-13-21;/h4-6,8-13,22,26H,3,7,14-18H2,1-2H3;1H. The Morgan fingerprint density at radius 1 is 1.13 bits per heavy atom. The van der Waals surface area contributed by atoms with Crippen LogP contribution in [0.4, 0.5) is 0 Å². The summed E-state index contributed by atoms with van der Waals surface area (Å²) < 4.78 is 12.3. The molecular weight excluding hydrogens is 446 g/mol. The molecule has 1 fully saturated rings. The van der Waals surface area contributed by atoms with Crippen molar-refractivity contribution < 1.29 is 19.4 Å². The summed E-state index contributed by atoms with van der Waals surface area (Å²) in [7, 11) is 0. The molecule has 0 saturated carbocycles. The second-order valence-corrected chi connectivity index (χ2v) is 7.55. The monoisotopic (exact) mass is 477 g/mol. The SMILES string of the molecule is Br.CCN1CCC(OC(=O)C(OCCCO)(c2ccccc2)c2ccc(C)cc2)C1. The van der Waals surface area contributed by atoms with E-state index in [1.165, 1.54) is 0 Å². The van der Waals surface area contributed by atoms with Crippen LogP contribution < -0.4 is 0 Å². The quantitative estimate of drug-likeness (QED) is 0.438. The smallest absolute Gasteiger partial charge is 0.348 e. The lowest BCUT2D eigenvalue weighted by atomic mass is 9.85. The molecule has 0 bridgehead atoms. The molecule has 5 nitrogen and oxygen atoms in total. The van der Waals surface area contributed by atoms with Crippen LogP contribution in [0.15, 0.2) is 54.6 Å². The number of likely N-dealkylation sites (N-methyl/N-ethyl adjacent to an activating group) is 1. The second kappa shape index (κ2) is 11.6. The van der Waals surface area contributed by atoms with Gasteiger partial charge < -0.3 is 14.6 Å². The summed E-state index contributed by atoms with van der Waals surface area (Å²) in [6.45, 7) is 7.00. The predicted molar refractivity (Wildman–Crippen MR) is 123 cm³/mol. The number of aliphatic hydroxyl groups excluding tert-OH is 1. The van der Waals surface area contributed by atoms with Gasteiger partial charge in [0.2, 0.25) is 5.60 Å². The first-order valence-electron chi connectivity index (χ1n) is 10.4. The van der Waals surface area contributed by atoms with Gasteiger partial charge in [-0.05, 0) is 37.4 Å². The Hall–Kier alpha value is -1.73. The highest BCUT2D eigenvalue weighted by Crippen LogP contribution is 2.36. The number of esters is 1. The van der Waals surface area contributed by atoms with Crippen LogP contribution >= 0.6 is 17.0 Å². The van der Waals surface area contributed by atoms with E-state index >= 15 is 0 Å². The molecule has 1 N–H and O–H groups in total. The van der Waals surface area contributed by atoms with E-state index in [0.717, 1.165) is 42.7 Å². The van der Waals surface area contributed by atoms with Crippen LogP contribution in [0.5, 0.6) is 0 Å². The number of ether oxygens (including phenoxy) is 2. The molecule has 0 aromatic heterocycles. The molecule has 2 aromatic rings. The van der Waals surface area contributed by atoms with Crippen LogP contribution in [0.25, 0.3) is 0 Å². The van der Waals surface area contributed by atoms with Crippen LogP contribution in [0.1, 0.15) is 36.5 Å². The zero-order valence-electron chi connectivity index (χ0n) is 17.8. The summed E-state index contributed by atoms with van der Waals surface area (Å²) in [6.07, 6.45) is 1.13. The molecule has 6 heteroatoms. The van der Waals surface area contributed by atoms with Gasteiger partial charge in [-0.25, -0.2) is 4.79 Å². The molecule has 2 atom stereocenters. The molecule has 30 heavy (non-hydrogen) atoms. The fourth-order valence-electron chi connectivity index (χ4n) is 3.79. The number of carbonyl (C=O) groups excluding carboxylic acids is 1. The van der Waals surface area contributed by atoms with Crippen LogP contribution in [0.3, 0.4) is 0 Å². The maximum absolute atomic E-state index is 13.7. The minimum Gasteiger partial charge on any atom is -0.458 e. The van der Waals surface area contributed by atoms with E-state index in [1.54, 1.807) is 0 Å². The first kappa shape index (κ1) is 24.5. The number of aryl methyl sites for hydroxylation is 1. The van der Waals surface area contributed by atoms with Crippen molar-refractivity contribution in [3.8, 4) is 0 Å². The topological polar surface area (TPSA) is 59.0 Å². The summed E-state index contributed by atoms with van der Waals surface area (Å²) in [4.78, 5) is 15.9. The number of carbonyl (C=O) groups is 1. The van der Waals surface area contributed by atoms with Gasteiger partial charge in [-0.2, -0.15) is 0 Å². The van der Waals surface area contributed by atoms with Crippen LogP contribution in [0.2, 0.25) is 0 Å². The van der Waals surface area contributed by atoms with Crippen molar-refractivity contribution in [2.75, 3.05) is 32.8 Å². The predicted octanol–water partition coefficient (Wildman–Crippen LogP) is 3.85. The number of nitrogens with zero attached hydrogens (tertiary/aromatic N) is 1. The first-order valence-corrected chi connectivity index (χ1v) is 10.4. The van der Waals surface area contributed by atoms with Gasteiger partial charge in [-0.15, -0.1) is 17.0 Å². The third-order valence-electron chi connectivity index (χ3n) is 5.50. The molecule has 0 spiro atoms. The van der Waals surface area contributed by atoms with E-state index in [0.29, 0.717) is 6.42 Å². The Morgan fingerprint density at radius 2 is 1.80 bits per heavy atom. The van der Waals surface area contributed by atoms with E-state index in [1.807, 2.05) is 61.5 Å². The summed E-state index contributed by atoms with van der Waals surface area (Å²) in [5.41, 5.74) is 1.22. The van der Waals surface area contributed by atoms with E-state index < -0.39 is 11.6 Å². The third kappa shape index (κ3) is 5.49. The van der Waals surface area contributed by atoms with E-state index in [4.69, 9.17) is 9.47 Å². The largest absolute Gasteiger partial charge is 0.458 e. The van der Waals surface area contributed by atoms with Crippen LogP contribution in [0, 0.1) is 6.92 Å². The summed E-state index contributed by atoms with van der Waals surface area (Å²) in [5, 5.41) is 9.26. The highest BCUT2D eigenvalue weighted by atomic mass is 79.9. The third-order valence-corrected chi connectivity index (χ3v) is 5.50. The molecule has 2 aromatic carbocycles. The molecule has 1 saturated heterocycles. The number of halogens is 1. The van der Waals surface area contributed by atoms with Crippen molar-refractivity contribution >= 4 is 23.0 Å². The summed E-state index contributed by atoms with van der Waals surface area (Å²) in [6, 6.07) is 17.3. The van der Waals surface area contributed by atoms with E-state index in [-0.39, 0.29) is 36.3 Å². The lowest BCUT2D eigenvalue weighted by molar-refractivity contribution is -0.174. The fourth-order valence-corrected chi connectivity index (χ4v) is 3.79. The van der Waals surface area contributed by atoms with Gasteiger partial charge in [0, 0.05) is 19.7 Å². The van der Waals surface area contributed by atoms with Crippen molar-refractivity contribution in [1.29, 1.82) is 0 Å². The Kier molecular flexibility index (Phi) is 9.49. The summed E-state index contributed by atoms with van der Waals surface area (Å²) in [5.74, 6) is -0.395. The molecule has 0 radical (unpaired) electrons. The van der Waals surface area contributed by atoms with Gasteiger partial charge >= 0.3 is 5.97 Å². The Morgan fingerprint density at radius 3 is 2.40 bits per heavy atom. The van der Waals surface area contributed by atoms with E-state index in [9.17, 15) is 9.90 Å². The molecule has 1 aliphatic rings. The van der Waals surface area contributed by atoms with Crippen molar-refractivity contribution in [1.82, 2.24) is 4.90 Å². The van der Waals surface area contributed by atoms with Gasteiger partial charge in [0.25, 0.3) is 0 Å². The highest BCUT2D eigenvalue weighted by molar-refractivity contribution is 8.93. The minimum absolute atomic E-state index is 0. The van der Waals surface area contributed by atoms with Gasteiger partial charge in [0.1, 0.15) is 6.10 Å². The molecule has 2 unspecified atom stereocenters. The first-order chi connectivity index (χ1) is 14.1. The zero-order chi connectivity index (χ0) is 20.7. The van der Waals surface area contributed by atoms with Crippen molar-refractivity contribution in [3.05, 3.63) is 71.3 Å². The van der Waals surface area contributed by atoms with Gasteiger partial charge in [0.05, 0.1) is 6.61 Å². The maximum Gasteiger partial charge on any atom is 0.348 e. The molecule has 1 aliphatic heterocycles. The second-order valence-electron chi connectivity index (χ2n) is 7.55. The summed E-state index contributed by atoms with van der Waals surface area (Å²) >= 11 is 0. The zero-order valence-corrected chi connectivity index (χ0v) is 19.5. The Balaban J connectivity index is 0.00000320. The molecule has 0 aliphatic carbocycles. The number of likely N-dealkylation sites (tertiary alicyclic amines) is 1. The average Bonchev–Trinajstić information content (AvgIpc) is 3.20. The number of aliphatic hydroxyl groups is 1. The molecule has 1 heterocycles. The number of rotatable bonds is 9. The lowest BCUT2D eigenvalue weighted by Gasteiger charge is -2.34. The normalized spacial score (nSPS) is 18.4. The average molecular weight is 478 g/mol. The Labute approximate surface area is 189 Å². The fraction of sp³-hybridized carbons (Fsp3) is 0.458. The minimum atomic E-state index is -1.36. The highest BCUT2D eigenvalue weighted by Gasteiger charge is 2.46. The van der Waals surface area contributed by atoms with Crippen molar-refractivity contribution in [2.45, 2.75) is 38.4 Å².